The Hall–Kier alpha value is -2.21. The van der Waals surface area contributed by atoms with Crippen LogP contribution in [-0.2, 0) is 4.79 Å². The highest BCUT2D eigenvalue weighted by Crippen LogP contribution is 2.20. The lowest BCUT2D eigenvalue weighted by Gasteiger charge is -1.98. The third-order valence-electron chi connectivity index (χ3n) is 2.82. The van der Waals surface area contributed by atoms with Crippen molar-refractivity contribution in [3.05, 3.63) is 74.8 Å². The van der Waals surface area contributed by atoms with Crippen molar-refractivity contribution in [2.24, 2.45) is 0 Å². The second kappa shape index (κ2) is 7.17. The number of carboxylic acids is 1. The largest absolute Gasteiger partial charge is 0.477 e. The van der Waals surface area contributed by atoms with Crippen molar-refractivity contribution in [1.29, 1.82) is 0 Å². The fraction of sp³-hybridized carbons (Fsp3) is 0.0556. The van der Waals surface area contributed by atoms with Gasteiger partial charge in [0.15, 0.2) is 0 Å². The molecule has 0 aromatic heterocycles. The van der Waals surface area contributed by atoms with E-state index in [0.29, 0.717) is 15.6 Å². The highest BCUT2D eigenvalue weighted by molar-refractivity contribution is 6.34. The summed E-state index contributed by atoms with van der Waals surface area (Å²) in [5.41, 5.74) is 2.43. The molecule has 0 saturated heterocycles. The van der Waals surface area contributed by atoms with Gasteiger partial charge in [0.2, 0.25) is 0 Å². The van der Waals surface area contributed by atoms with Gasteiger partial charge in [-0.05, 0) is 48.9 Å². The van der Waals surface area contributed by atoms with Crippen LogP contribution in [0.3, 0.4) is 0 Å². The Labute approximate surface area is 139 Å². The fourth-order valence-electron chi connectivity index (χ4n) is 1.75. The predicted molar refractivity (Wildman–Crippen MR) is 90.1 cm³/mol. The van der Waals surface area contributed by atoms with E-state index in [1.807, 2.05) is 31.2 Å². The van der Waals surface area contributed by atoms with Gasteiger partial charge in [0, 0.05) is 15.6 Å². The van der Waals surface area contributed by atoms with Crippen LogP contribution in [0.5, 0.6) is 0 Å². The topological polar surface area (TPSA) is 37.3 Å². The third kappa shape index (κ3) is 4.66. The molecule has 0 unspecified atom stereocenters. The van der Waals surface area contributed by atoms with E-state index in [-0.39, 0.29) is 5.57 Å². The quantitative estimate of drug-likeness (QED) is 0.633. The van der Waals surface area contributed by atoms with E-state index >= 15 is 0 Å². The molecule has 0 radical (unpaired) electrons. The van der Waals surface area contributed by atoms with Crippen molar-refractivity contribution in [2.75, 3.05) is 0 Å². The van der Waals surface area contributed by atoms with Crippen molar-refractivity contribution in [3.8, 4) is 11.8 Å². The highest BCUT2D eigenvalue weighted by atomic mass is 35.5. The summed E-state index contributed by atoms with van der Waals surface area (Å²) in [7, 11) is 0. The molecule has 0 heterocycles. The van der Waals surface area contributed by atoms with E-state index < -0.39 is 5.97 Å². The zero-order chi connectivity index (χ0) is 16.1. The van der Waals surface area contributed by atoms with Crippen LogP contribution >= 0.6 is 23.2 Å². The summed E-state index contributed by atoms with van der Waals surface area (Å²) in [6.45, 7) is 1.97. The summed E-state index contributed by atoms with van der Waals surface area (Å²) < 4.78 is 0. The molecule has 2 rings (SSSR count). The number of benzene rings is 2. The number of halogens is 2. The van der Waals surface area contributed by atoms with Gasteiger partial charge in [-0.2, -0.15) is 0 Å². The lowest BCUT2D eigenvalue weighted by atomic mass is 10.1. The van der Waals surface area contributed by atoms with E-state index in [1.54, 1.807) is 18.2 Å². The Bertz CT molecular complexity index is 774. The Kier molecular flexibility index (Phi) is 5.27. The molecular weight excluding hydrogens is 319 g/mol. The van der Waals surface area contributed by atoms with Gasteiger partial charge in [0.25, 0.3) is 0 Å². The Morgan fingerprint density at radius 3 is 2.23 bits per heavy atom. The normalized spacial score (nSPS) is 10.8. The Morgan fingerprint density at radius 1 is 1.09 bits per heavy atom. The van der Waals surface area contributed by atoms with E-state index in [1.165, 1.54) is 6.08 Å². The van der Waals surface area contributed by atoms with Gasteiger partial charge in [0.1, 0.15) is 5.57 Å². The Balaban J connectivity index is 2.37. The van der Waals surface area contributed by atoms with E-state index in [4.69, 9.17) is 23.2 Å². The molecule has 0 fully saturated rings. The van der Waals surface area contributed by atoms with Crippen molar-refractivity contribution < 1.29 is 9.90 Å². The molecule has 1 N–H and O–H groups in total. The minimum Gasteiger partial charge on any atom is -0.477 e. The molecule has 0 aliphatic rings. The van der Waals surface area contributed by atoms with E-state index in [0.717, 1.165) is 11.1 Å². The van der Waals surface area contributed by atoms with Gasteiger partial charge in [-0.1, -0.05) is 52.7 Å². The van der Waals surface area contributed by atoms with Gasteiger partial charge in [-0.3, -0.25) is 0 Å². The molecule has 0 atom stereocenters. The van der Waals surface area contributed by atoms with Crippen molar-refractivity contribution in [2.45, 2.75) is 6.92 Å². The molecule has 22 heavy (non-hydrogen) atoms. The van der Waals surface area contributed by atoms with Crippen LogP contribution in [0.1, 0.15) is 16.7 Å². The Morgan fingerprint density at radius 2 is 1.68 bits per heavy atom. The predicted octanol–water partition coefficient (Wildman–Crippen LogP) is 4.82. The number of rotatable bonds is 2. The van der Waals surface area contributed by atoms with E-state index in [9.17, 15) is 9.90 Å². The van der Waals surface area contributed by atoms with Crippen LogP contribution < -0.4 is 0 Å². The van der Waals surface area contributed by atoms with Crippen molar-refractivity contribution in [3.63, 3.8) is 0 Å². The zero-order valence-electron chi connectivity index (χ0n) is 11.7. The van der Waals surface area contributed by atoms with Crippen molar-refractivity contribution >= 4 is 35.2 Å². The first-order valence-electron chi connectivity index (χ1n) is 6.44. The zero-order valence-corrected chi connectivity index (χ0v) is 13.2. The number of aliphatic carboxylic acids is 1. The summed E-state index contributed by atoms with van der Waals surface area (Å²) in [5, 5.41) is 10.1. The smallest absolute Gasteiger partial charge is 0.344 e. The number of carbonyl (C=O) groups is 1. The van der Waals surface area contributed by atoms with Gasteiger partial charge in [-0.25, -0.2) is 4.79 Å². The molecule has 0 aliphatic heterocycles. The van der Waals surface area contributed by atoms with Crippen LogP contribution in [0.25, 0.3) is 6.08 Å². The SMILES string of the molecule is Cc1ccc(C#C/C(=C\c2cc(Cl)cc(Cl)c2)C(=O)O)cc1. The standard InChI is InChI=1S/C18H12Cl2O2/c1-12-2-4-13(5-3-12)6-7-15(18(21)22)8-14-9-16(19)11-17(20)10-14/h2-5,8-11H,1H3,(H,21,22)/b15-8+. The minimum absolute atomic E-state index is 0.0288. The van der Waals surface area contributed by atoms with E-state index in [2.05, 4.69) is 11.8 Å². The van der Waals surface area contributed by atoms with Gasteiger partial charge < -0.3 is 5.11 Å². The first-order chi connectivity index (χ1) is 10.4. The van der Waals surface area contributed by atoms with Crippen molar-refractivity contribution in [1.82, 2.24) is 0 Å². The fourth-order valence-corrected chi connectivity index (χ4v) is 2.30. The number of carboxylic acid groups (broad SMARTS) is 1. The maximum atomic E-state index is 11.3. The van der Waals surface area contributed by atoms with Crippen LogP contribution in [-0.4, -0.2) is 11.1 Å². The highest BCUT2D eigenvalue weighted by Gasteiger charge is 2.05. The molecule has 0 spiro atoms. The second-order valence-corrected chi connectivity index (χ2v) is 5.55. The summed E-state index contributed by atoms with van der Waals surface area (Å²) in [4.78, 5) is 11.3. The lowest BCUT2D eigenvalue weighted by Crippen LogP contribution is -1.98. The molecule has 0 bridgehead atoms. The van der Waals surface area contributed by atoms with Crippen LogP contribution in [0.4, 0.5) is 0 Å². The summed E-state index contributed by atoms with van der Waals surface area (Å²) in [6, 6.07) is 12.4. The molecule has 0 amide bonds. The summed E-state index contributed by atoms with van der Waals surface area (Å²) in [6.07, 6.45) is 1.45. The number of hydrogen-bond donors (Lipinski definition) is 1. The molecule has 0 saturated carbocycles. The molecule has 0 aliphatic carbocycles. The first kappa shape index (κ1) is 16.2. The molecule has 4 heteroatoms. The third-order valence-corrected chi connectivity index (χ3v) is 3.26. The molecule has 2 nitrogen and oxygen atoms in total. The van der Waals surface area contributed by atoms with Gasteiger partial charge >= 0.3 is 5.97 Å². The van der Waals surface area contributed by atoms with Gasteiger partial charge in [-0.15, -0.1) is 0 Å². The second-order valence-electron chi connectivity index (χ2n) is 4.68. The number of hydrogen-bond acceptors (Lipinski definition) is 1. The maximum Gasteiger partial charge on any atom is 0.344 e. The monoisotopic (exact) mass is 330 g/mol. The molecule has 2 aromatic carbocycles. The summed E-state index contributed by atoms with van der Waals surface area (Å²) in [5.74, 6) is 4.40. The number of aryl methyl sites for hydroxylation is 1. The van der Waals surface area contributed by atoms with Crippen LogP contribution in [0.2, 0.25) is 10.0 Å². The van der Waals surface area contributed by atoms with Crippen LogP contribution in [0, 0.1) is 18.8 Å². The first-order valence-corrected chi connectivity index (χ1v) is 7.19. The maximum absolute atomic E-state index is 11.3. The van der Waals surface area contributed by atoms with Gasteiger partial charge in [0.05, 0.1) is 0 Å². The van der Waals surface area contributed by atoms with Crippen LogP contribution in [0.15, 0.2) is 48.0 Å². The lowest BCUT2D eigenvalue weighted by molar-refractivity contribution is -0.132. The summed E-state index contributed by atoms with van der Waals surface area (Å²) >= 11 is 11.8. The molecule has 110 valence electrons. The minimum atomic E-state index is -1.10. The molecule has 2 aromatic rings. The molecular formula is C18H12Cl2O2. The average molecular weight is 331 g/mol. The average Bonchev–Trinajstić information content (AvgIpc) is 2.44.